The van der Waals surface area contributed by atoms with E-state index in [1.807, 2.05) is 20.0 Å². The second-order valence-electron chi connectivity index (χ2n) is 2.95. The molecule has 0 bridgehead atoms. The molecule has 5 heteroatoms. The lowest BCUT2D eigenvalue weighted by Gasteiger charge is -2.10. The van der Waals surface area contributed by atoms with Gasteiger partial charge in [0.05, 0.1) is 0 Å². The summed E-state index contributed by atoms with van der Waals surface area (Å²) in [6, 6.07) is 3.88. The Hall–Kier alpha value is -1.67. The van der Waals surface area contributed by atoms with E-state index in [1.54, 1.807) is 12.3 Å². The Balaban J connectivity index is 2.55. The van der Waals surface area contributed by atoms with Crippen molar-refractivity contribution in [2.24, 2.45) is 0 Å². The maximum atomic E-state index is 8.61. The average molecular weight is 191 g/mol. The van der Waals surface area contributed by atoms with E-state index in [0.717, 1.165) is 6.54 Å². The molecule has 1 aromatic rings. The summed E-state index contributed by atoms with van der Waals surface area (Å²) in [6.07, 6.45) is 1.57. The molecule has 0 aliphatic rings. The lowest BCUT2D eigenvalue weighted by molar-refractivity contribution is 0.636. The minimum Gasteiger partial charge on any atom is -0.353 e. The summed E-state index contributed by atoms with van der Waals surface area (Å²) in [7, 11) is 1.89. The fourth-order valence-electron chi connectivity index (χ4n) is 0.853. The van der Waals surface area contributed by atoms with Crippen LogP contribution in [-0.2, 0) is 0 Å². The number of rotatable bonds is 4. The van der Waals surface area contributed by atoms with E-state index >= 15 is 0 Å². The van der Waals surface area contributed by atoms with Gasteiger partial charge in [0.25, 0.3) is 0 Å². The summed E-state index contributed by atoms with van der Waals surface area (Å²) in [5.74, 6) is 0.492. The van der Waals surface area contributed by atoms with Gasteiger partial charge in [-0.15, -0.1) is 0 Å². The van der Waals surface area contributed by atoms with Gasteiger partial charge in [-0.2, -0.15) is 5.26 Å². The second-order valence-corrected chi connectivity index (χ2v) is 2.95. The maximum Gasteiger partial charge on any atom is 0.223 e. The molecule has 1 atom stereocenters. The summed E-state index contributed by atoms with van der Waals surface area (Å²) in [5.41, 5.74) is 0.375. The van der Waals surface area contributed by atoms with Gasteiger partial charge in [-0.3, -0.25) is 0 Å². The van der Waals surface area contributed by atoms with Crippen LogP contribution in [0.4, 0.5) is 5.95 Å². The fourth-order valence-corrected chi connectivity index (χ4v) is 0.853. The molecule has 2 N–H and O–H groups in total. The molecule has 1 aromatic heterocycles. The van der Waals surface area contributed by atoms with Gasteiger partial charge >= 0.3 is 0 Å². The third-order valence-electron chi connectivity index (χ3n) is 1.83. The van der Waals surface area contributed by atoms with Gasteiger partial charge in [0.15, 0.2) is 0 Å². The molecule has 0 saturated heterocycles. The Bertz CT molecular complexity index is 330. The third-order valence-corrected chi connectivity index (χ3v) is 1.83. The number of nitriles is 1. The molecule has 5 nitrogen and oxygen atoms in total. The van der Waals surface area contributed by atoms with Crippen LogP contribution < -0.4 is 10.6 Å². The van der Waals surface area contributed by atoms with Gasteiger partial charge in [0.2, 0.25) is 5.95 Å². The van der Waals surface area contributed by atoms with Crippen LogP contribution in [-0.4, -0.2) is 29.6 Å². The predicted molar refractivity (Wildman–Crippen MR) is 53.8 cm³/mol. The van der Waals surface area contributed by atoms with Crippen molar-refractivity contribution in [3.63, 3.8) is 0 Å². The predicted octanol–water partition coefficient (Wildman–Crippen LogP) is 0.368. The summed E-state index contributed by atoms with van der Waals surface area (Å²) >= 11 is 0. The molecule has 0 amide bonds. The molecule has 0 aliphatic heterocycles. The Morgan fingerprint density at radius 1 is 1.64 bits per heavy atom. The standard InChI is InChI=1S/C9H13N5/c1-7(11-2)6-13-9-12-4-3-8(5-10)14-9/h3-4,7,11H,6H2,1-2H3,(H,12,13,14). The van der Waals surface area contributed by atoms with Gasteiger partial charge in [-0.05, 0) is 20.0 Å². The highest BCUT2D eigenvalue weighted by atomic mass is 15.1. The first-order valence-corrected chi connectivity index (χ1v) is 4.40. The summed E-state index contributed by atoms with van der Waals surface area (Å²) < 4.78 is 0. The van der Waals surface area contributed by atoms with Crippen LogP contribution in [0.3, 0.4) is 0 Å². The molecule has 0 saturated carbocycles. The van der Waals surface area contributed by atoms with Crippen molar-refractivity contribution in [2.75, 3.05) is 18.9 Å². The zero-order chi connectivity index (χ0) is 10.4. The van der Waals surface area contributed by atoms with Crippen LogP contribution in [0.1, 0.15) is 12.6 Å². The highest BCUT2D eigenvalue weighted by Gasteiger charge is 2.00. The number of aromatic nitrogens is 2. The monoisotopic (exact) mass is 191 g/mol. The average Bonchev–Trinajstić information content (AvgIpc) is 2.26. The number of hydrogen-bond acceptors (Lipinski definition) is 5. The van der Waals surface area contributed by atoms with Crippen LogP contribution >= 0.6 is 0 Å². The Morgan fingerprint density at radius 2 is 2.43 bits per heavy atom. The molecule has 14 heavy (non-hydrogen) atoms. The van der Waals surface area contributed by atoms with Crippen LogP contribution in [0.2, 0.25) is 0 Å². The number of nitrogens with one attached hydrogen (secondary N) is 2. The molecule has 0 aliphatic carbocycles. The molecular formula is C9H13N5. The summed E-state index contributed by atoms with van der Waals surface area (Å²) in [6.45, 7) is 2.77. The fraction of sp³-hybridized carbons (Fsp3) is 0.444. The SMILES string of the molecule is CNC(C)CNc1nccc(C#N)n1. The zero-order valence-electron chi connectivity index (χ0n) is 8.28. The molecule has 0 fully saturated rings. The van der Waals surface area contributed by atoms with Gasteiger partial charge in [-0.25, -0.2) is 9.97 Å². The van der Waals surface area contributed by atoms with E-state index in [1.165, 1.54) is 0 Å². The highest BCUT2D eigenvalue weighted by Crippen LogP contribution is 1.98. The molecule has 0 radical (unpaired) electrons. The Labute approximate surface area is 83.2 Å². The van der Waals surface area contributed by atoms with Crippen molar-refractivity contribution < 1.29 is 0 Å². The molecular weight excluding hydrogens is 178 g/mol. The van der Waals surface area contributed by atoms with Crippen molar-refractivity contribution >= 4 is 5.95 Å². The summed E-state index contributed by atoms with van der Waals surface area (Å²) in [5, 5.41) is 14.7. The van der Waals surface area contributed by atoms with Gasteiger partial charge in [0, 0.05) is 18.8 Å². The molecule has 0 aromatic carbocycles. The van der Waals surface area contributed by atoms with Crippen LogP contribution in [0.5, 0.6) is 0 Å². The number of likely N-dealkylation sites (N-methyl/N-ethyl adjacent to an activating group) is 1. The number of hydrogen-bond donors (Lipinski definition) is 2. The van der Waals surface area contributed by atoms with Crippen LogP contribution in [0, 0.1) is 11.3 Å². The lowest BCUT2D eigenvalue weighted by Crippen LogP contribution is -2.29. The van der Waals surface area contributed by atoms with Gasteiger partial charge < -0.3 is 10.6 Å². The van der Waals surface area contributed by atoms with E-state index in [9.17, 15) is 0 Å². The largest absolute Gasteiger partial charge is 0.353 e. The topological polar surface area (TPSA) is 73.6 Å². The van der Waals surface area contributed by atoms with Crippen LogP contribution in [0.15, 0.2) is 12.3 Å². The maximum absolute atomic E-state index is 8.61. The van der Waals surface area contributed by atoms with Crippen molar-refractivity contribution in [2.45, 2.75) is 13.0 Å². The molecule has 1 heterocycles. The van der Waals surface area contributed by atoms with E-state index in [4.69, 9.17) is 5.26 Å². The second kappa shape index (κ2) is 5.14. The molecule has 1 rings (SSSR count). The van der Waals surface area contributed by atoms with Crippen molar-refractivity contribution in [3.8, 4) is 6.07 Å². The molecule has 1 unspecified atom stereocenters. The Kier molecular flexibility index (Phi) is 3.83. The van der Waals surface area contributed by atoms with Crippen molar-refractivity contribution in [1.82, 2.24) is 15.3 Å². The zero-order valence-corrected chi connectivity index (χ0v) is 8.28. The van der Waals surface area contributed by atoms with E-state index in [0.29, 0.717) is 17.7 Å². The molecule has 74 valence electrons. The first kappa shape index (κ1) is 10.4. The first-order valence-electron chi connectivity index (χ1n) is 4.40. The smallest absolute Gasteiger partial charge is 0.223 e. The van der Waals surface area contributed by atoms with Gasteiger partial charge in [-0.1, -0.05) is 0 Å². The van der Waals surface area contributed by atoms with E-state index < -0.39 is 0 Å². The number of nitrogens with zero attached hydrogens (tertiary/aromatic N) is 3. The van der Waals surface area contributed by atoms with Crippen molar-refractivity contribution in [3.05, 3.63) is 18.0 Å². The van der Waals surface area contributed by atoms with Crippen molar-refractivity contribution in [1.29, 1.82) is 5.26 Å². The summed E-state index contributed by atoms with van der Waals surface area (Å²) in [4.78, 5) is 7.98. The van der Waals surface area contributed by atoms with Gasteiger partial charge in [0.1, 0.15) is 11.8 Å². The highest BCUT2D eigenvalue weighted by molar-refractivity contribution is 5.30. The quantitative estimate of drug-likeness (QED) is 0.719. The van der Waals surface area contributed by atoms with Crippen LogP contribution in [0.25, 0.3) is 0 Å². The van der Waals surface area contributed by atoms with E-state index in [2.05, 4.69) is 20.6 Å². The molecule has 0 spiro atoms. The number of anilines is 1. The van der Waals surface area contributed by atoms with E-state index in [-0.39, 0.29) is 0 Å². The minimum atomic E-state index is 0.337. The third kappa shape index (κ3) is 2.99. The Morgan fingerprint density at radius 3 is 3.07 bits per heavy atom. The first-order chi connectivity index (χ1) is 6.76. The lowest BCUT2D eigenvalue weighted by atomic mass is 10.3. The minimum absolute atomic E-state index is 0.337. The normalized spacial score (nSPS) is 11.8.